The van der Waals surface area contributed by atoms with Gasteiger partial charge in [0.05, 0.1) is 16.2 Å². The molecule has 122 valence electrons. The minimum atomic E-state index is -0.458. The molecule has 0 unspecified atom stereocenters. The van der Waals surface area contributed by atoms with Gasteiger partial charge in [-0.3, -0.25) is 4.98 Å². The van der Waals surface area contributed by atoms with Crippen LogP contribution in [-0.2, 0) is 0 Å². The van der Waals surface area contributed by atoms with Gasteiger partial charge < -0.3 is 5.73 Å². The first-order valence-electron chi connectivity index (χ1n) is 7.55. The minimum Gasteiger partial charge on any atom is -0.368 e. The summed E-state index contributed by atoms with van der Waals surface area (Å²) in [5.41, 5.74) is 9.70. The number of benzene rings is 2. The van der Waals surface area contributed by atoms with Crippen molar-refractivity contribution in [1.82, 2.24) is 15.0 Å². The van der Waals surface area contributed by atoms with Gasteiger partial charge in [-0.1, -0.05) is 29.8 Å². The van der Waals surface area contributed by atoms with Gasteiger partial charge in [0.15, 0.2) is 0 Å². The smallest absolute Gasteiger partial charge is 0.220 e. The van der Waals surface area contributed by atoms with E-state index in [1.54, 1.807) is 24.5 Å². The van der Waals surface area contributed by atoms with Crippen LogP contribution in [0.15, 0.2) is 60.9 Å². The van der Waals surface area contributed by atoms with Crippen molar-refractivity contribution in [3.05, 3.63) is 71.8 Å². The molecule has 0 fully saturated rings. The highest BCUT2D eigenvalue weighted by Crippen LogP contribution is 2.33. The van der Waals surface area contributed by atoms with E-state index in [0.717, 1.165) is 27.6 Å². The molecule has 0 atom stereocenters. The maximum atomic E-state index is 13.5. The maximum absolute atomic E-state index is 13.5. The number of hydrogen-bond donors (Lipinski definition) is 1. The lowest BCUT2D eigenvalue weighted by molar-refractivity contribution is 0.628. The third kappa shape index (κ3) is 2.90. The Labute approximate surface area is 148 Å². The molecule has 0 aliphatic heterocycles. The van der Waals surface area contributed by atoms with Crippen molar-refractivity contribution < 1.29 is 4.39 Å². The molecule has 4 aromatic rings. The first kappa shape index (κ1) is 15.5. The molecule has 0 bridgehead atoms. The highest BCUT2D eigenvalue weighted by molar-refractivity contribution is 6.31. The molecule has 0 aliphatic rings. The molecule has 2 aromatic carbocycles. The van der Waals surface area contributed by atoms with Crippen molar-refractivity contribution in [2.45, 2.75) is 0 Å². The molecule has 0 spiro atoms. The standard InChI is InChI=1S/C19H12ClFN4/c20-15-8-12(5-6-16(15)21)18-14(2-1-7-23-18)11-3-4-13-10-24-19(22)25-17(13)9-11/h1-10H,(H2,22,24,25). The van der Waals surface area contributed by atoms with E-state index < -0.39 is 5.82 Å². The molecule has 0 saturated carbocycles. The molecule has 4 nitrogen and oxygen atoms in total. The summed E-state index contributed by atoms with van der Waals surface area (Å²) in [6, 6.07) is 14.2. The van der Waals surface area contributed by atoms with Crippen molar-refractivity contribution in [2.24, 2.45) is 0 Å². The van der Waals surface area contributed by atoms with Crippen LogP contribution in [0.1, 0.15) is 0 Å². The van der Waals surface area contributed by atoms with Gasteiger partial charge in [-0.05, 0) is 35.9 Å². The van der Waals surface area contributed by atoms with Crippen LogP contribution in [0, 0.1) is 5.82 Å². The average Bonchev–Trinajstić information content (AvgIpc) is 2.63. The van der Waals surface area contributed by atoms with Crippen molar-refractivity contribution in [3.63, 3.8) is 0 Å². The quantitative estimate of drug-likeness (QED) is 0.567. The number of fused-ring (bicyclic) bond motifs is 1. The van der Waals surface area contributed by atoms with E-state index >= 15 is 0 Å². The van der Waals surface area contributed by atoms with Crippen LogP contribution in [0.2, 0.25) is 5.02 Å². The van der Waals surface area contributed by atoms with Crippen LogP contribution in [0.3, 0.4) is 0 Å². The first-order chi connectivity index (χ1) is 12.1. The summed E-state index contributed by atoms with van der Waals surface area (Å²) >= 11 is 5.92. The number of pyridine rings is 1. The Hall–Kier alpha value is -3.05. The summed E-state index contributed by atoms with van der Waals surface area (Å²) in [5, 5.41) is 0.960. The van der Waals surface area contributed by atoms with Gasteiger partial charge in [0.25, 0.3) is 0 Å². The molecule has 25 heavy (non-hydrogen) atoms. The fourth-order valence-electron chi connectivity index (χ4n) is 2.72. The summed E-state index contributed by atoms with van der Waals surface area (Å²) in [6.45, 7) is 0. The predicted molar refractivity (Wildman–Crippen MR) is 97.6 cm³/mol. The normalized spacial score (nSPS) is 11.0. The second kappa shape index (κ2) is 6.11. The number of nitrogens with zero attached hydrogens (tertiary/aromatic N) is 3. The zero-order valence-corrected chi connectivity index (χ0v) is 13.7. The minimum absolute atomic E-state index is 0.0631. The number of nitrogens with two attached hydrogens (primary N) is 1. The molecule has 2 aromatic heterocycles. The Kier molecular flexibility index (Phi) is 3.78. The third-order valence-electron chi connectivity index (χ3n) is 3.91. The fraction of sp³-hybridized carbons (Fsp3) is 0. The largest absolute Gasteiger partial charge is 0.368 e. The van der Waals surface area contributed by atoms with Gasteiger partial charge in [-0.15, -0.1) is 0 Å². The van der Waals surface area contributed by atoms with Gasteiger partial charge >= 0.3 is 0 Å². The van der Waals surface area contributed by atoms with Crippen LogP contribution >= 0.6 is 11.6 Å². The van der Waals surface area contributed by atoms with Crippen molar-refractivity contribution in [2.75, 3.05) is 5.73 Å². The number of halogens is 2. The molecule has 4 rings (SSSR count). The molecule has 2 heterocycles. The Morgan fingerprint density at radius 2 is 1.80 bits per heavy atom. The van der Waals surface area contributed by atoms with E-state index in [1.165, 1.54) is 6.07 Å². The van der Waals surface area contributed by atoms with Crippen LogP contribution in [0.25, 0.3) is 33.3 Å². The Morgan fingerprint density at radius 3 is 2.64 bits per heavy atom. The molecule has 2 N–H and O–H groups in total. The summed E-state index contributed by atoms with van der Waals surface area (Å²) in [6.07, 6.45) is 3.38. The number of anilines is 1. The second-order valence-corrected chi connectivity index (χ2v) is 5.94. The number of nitrogen functional groups attached to an aromatic ring is 1. The summed E-state index contributed by atoms with van der Waals surface area (Å²) in [7, 11) is 0. The van der Waals surface area contributed by atoms with E-state index in [-0.39, 0.29) is 11.0 Å². The lowest BCUT2D eigenvalue weighted by Gasteiger charge is -2.10. The molecule has 6 heteroatoms. The first-order valence-corrected chi connectivity index (χ1v) is 7.93. The van der Waals surface area contributed by atoms with Gasteiger partial charge in [0.2, 0.25) is 5.95 Å². The summed E-state index contributed by atoms with van der Waals surface area (Å²) < 4.78 is 13.5. The lowest BCUT2D eigenvalue weighted by atomic mass is 9.98. The number of rotatable bonds is 2. The number of aromatic nitrogens is 3. The molecule has 0 radical (unpaired) electrons. The molecule has 0 aliphatic carbocycles. The van der Waals surface area contributed by atoms with Crippen LogP contribution in [0.4, 0.5) is 10.3 Å². The Morgan fingerprint density at radius 1 is 0.960 bits per heavy atom. The second-order valence-electron chi connectivity index (χ2n) is 5.53. The van der Waals surface area contributed by atoms with Crippen molar-refractivity contribution in [1.29, 1.82) is 0 Å². The molecular weight excluding hydrogens is 339 g/mol. The van der Waals surface area contributed by atoms with Crippen molar-refractivity contribution >= 4 is 28.5 Å². The monoisotopic (exact) mass is 350 g/mol. The SMILES string of the molecule is Nc1ncc2ccc(-c3cccnc3-c3ccc(F)c(Cl)c3)cc2n1. The van der Waals surface area contributed by atoms with Crippen molar-refractivity contribution in [3.8, 4) is 22.4 Å². The highest BCUT2D eigenvalue weighted by atomic mass is 35.5. The Bertz CT molecular complexity index is 1100. The van der Waals surface area contributed by atoms with E-state index in [0.29, 0.717) is 5.69 Å². The zero-order valence-electron chi connectivity index (χ0n) is 12.9. The van der Waals surface area contributed by atoms with E-state index in [1.807, 2.05) is 30.3 Å². The fourth-order valence-corrected chi connectivity index (χ4v) is 2.90. The van der Waals surface area contributed by atoms with E-state index in [2.05, 4.69) is 15.0 Å². The van der Waals surface area contributed by atoms with Gasteiger partial charge in [-0.25, -0.2) is 14.4 Å². The molecular formula is C19H12ClFN4. The third-order valence-corrected chi connectivity index (χ3v) is 4.20. The summed E-state index contributed by atoms with van der Waals surface area (Å²) in [4.78, 5) is 12.7. The lowest BCUT2D eigenvalue weighted by Crippen LogP contribution is -1.95. The van der Waals surface area contributed by atoms with Crippen LogP contribution in [-0.4, -0.2) is 15.0 Å². The number of hydrogen-bond acceptors (Lipinski definition) is 4. The summed E-state index contributed by atoms with van der Waals surface area (Å²) in [5.74, 6) is -0.234. The predicted octanol–water partition coefficient (Wildman–Crippen LogP) is 4.73. The zero-order chi connectivity index (χ0) is 17.4. The van der Waals surface area contributed by atoms with E-state index in [4.69, 9.17) is 17.3 Å². The highest BCUT2D eigenvalue weighted by Gasteiger charge is 2.11. The molecule has 0 saturated heterocycles. The van der Waals surface area contributed by atoms with Gasteiger partial charge in [0.1, 0.15) is 5.82 Å². The maximum Gasteiger partial charge on any atom is 0.220 e. The van der Waals surface area contributed by atoms with Gasteiger partial charge in [-0.2, -0.15) is 0 Å². The topological polar surface area (TPSA) is 64.7 Å². The van der Waals surface area contributed by atoms with Gasteiger partial charge in [0, 0.05) is 28.9 Å². The molecule has 0 amide bonds. The Balaban J connectivity index is 1.90. The average molecular weight is 351 g/mol. The van der Waals surface area contributed by atoms with E-state index in [9.17, 15) is 4.39 Å². The van der Waals surface area contributed by atoms with Crippen LogP contribution in [0.5, 0.6) is 0 Å². The van der Waals surface area contributed by atoms with Crippen LogP contribution < -0.4 is 5.73 Å².